The number of anilines is 1. The van der Waals surface area contributed by atoms with E-state index in [1.54, 1.807) is 0 Å². The molecule has 0 aliphatic carbocycles. The molecule has 0 saturated heterocycles. The van der Waals surface area contributed by atoms with Gasteiger partial charge in [-0.3, -0.25) is 19.3 Å². The van der Waals surface area contributed by atoms with Crippen LogP contribution in [0.3, 0.4) is 0 Å². The quantitative estimate of drug-likeness (QED) is 0.846. The van der Waals surface area contributed by atoms with Crippen LogP contribution in [0.2, 0.25) is 0 Å². The highest BCUT2D eigenvalue weighted by Gasteiger charge is 2.37. The van der Waals surface area contributed by atoms with Crippen LogP contribution in [-0.2, 0) is 9.59 Å². The Kier molecular flexibility index (Phi) is 4.17. The number of hydrogen-bond acceptors (Lipinski definition) is 3. The molecular weight excluding hydrogens is 331 g/mol. The smallest absolute Gasteiger partial charge is 0.299 e. The van der Waals surface area contributed by atoms with Gasteiger partial charge < -0.3 is 5.32 Å². The molecule has 0 fully saturated rings. The zero-order chi connectivity index (χ0) is 14.9. The molecule has 7 heteroatoms. The number of amides is 2. The maximum absolute atomic E-state index is 13.5. The van der Waals surface area contributed by atoms with Gasteiger partial charge in [-0.1, -0.05) is 6.92 Å². The molecule has 2 amide bonds. The summed E-state index contributed by atoms with van der Waals surface area (Å²) in [5, 5.41) is 2.60. The van der Waals surface area contributed by atoms with Gasteiger partial charge in [0.15, 0.2) is 0 Å². The molecular formula is C13H12BrFN2O3. The lowest BCUT2D eigenvalue weighted by molar-refractivity contribution is -0.122. The molecule has 1 heterocycles. The molecule has 20 heavy (non-hydrogen) atoms. The second kappa shape index (κ2) is 5.70. The van der Waals surface area contributed by atoms with Crippen LogP contribution in [0.5, 0.6) is 0 Å². The summed E-state index contributed by atoms with van der Waals surface area (Å²) in [4.78, 5) is 36.3. The first-order valence-electron chi connectivity index (χ1n) is 6.07. The Bertz CT molecular complexity index is 604. The number of nitrogens with one attached hydrogen (secondary N) is 1. The van der Waals surface area contributed by atoms with Gasteiger partial charge in [0, 0.05) is 6.54 Å². The molecule has 0 unspecified atom stereocenters. The third kappa shape index (κ3) is 2.58. The molecule has 5 nitrogen and oxygen atoms in total. The van der Waals surface area contributed by atoms with Crippen molar-refractivity contribution in [2.45, 2.75) is 13.3 Å². The van der Waals surface area contributed by atoms with Gasteiger partial charge in [0.2, 0.25) is 5.91 Å². The van der Waals surface area contributed by atoms with E-state index < -0.39 is 17.5 Å². The second-order valence-electron chi connectivity index (χ2n) is 4.35. The van der Waals surface area contributed by atoms with Crippen molar-refractivity contribution in [3.63, 3.8) is 0 Å². The van der Waals surface area contributed by atoms with Gasteiger partial charge in [0.25, 0.3) is 11.7 Å². The number of benzene rings is 1. The van der Waals surface area contributed by atoms with Crippen molar-refractivity contribution in [1.82, 2.24) is 5.32 Å². The Morgan fingerprint density at radius 2 is 2.10 bits per heavy atom. The summed E-state index contributed by atoms with van der Waals surface area (Å²) in [6.07, 6.45) is 0.761. The summed E-state index contributed by atoms with van der Waals surface area (Å²) < 4.78 is 13.7. The van der Waals surface area contributed by atoms with Crippen molar-refractivity contribution in [2.24, 2.45) is 0 Å². The number of Topliss-reactive ketones (excluding diaryl/α,β-unsaturated/α-hetero) is 1. The number of hydrogen-bond donors (Lipinski definition) is 1. The topological polar surface area (TPSA) is 66.5 Å². The Hall–Kier alpha value is -1.76. The molecule has 0 aromatic heterocycles. The number of nitrogens with zero attached hydrogens (tertiary/aromatic N) is 1. The Morgan fingerprint density at radius 3 is 2.75 bits per heavy atom. The largest absolute Gasteiger partial charge is 0.355 e. The number of fused-ring (bicyclic) bond motifs is 1. The van der Waals surface area contributed by atoms with E-state index >= 15 is 0 Å². The van der Waals surface area contributed by atoms with Crippen molar-refractivity contribution < 1.29 is 18.8 Å². The van der Waals surface area contributed by atoms with E-state index in [1.165, 1.54) is 6.07 Å². The lowest BCUT2D eigenvalue weighted by Gasteiger charge is -2.16. The predicted molar refractivity (Wildman–Crippen MR) is 74.1 cm³/mol. The van der Waals surface area contributed by atoms with E-state index in [2.05, 4.69) is 21.2 Å². The molecule has 0 bridgehead atoms. The normalized spacial score (nSPS) is 13.7. The standard InChI is InChI=1S/C13H12BrFN2O3/c1-2-3-16-11(18)6-17-10-5-9(15)8(14)4-7(10)12(19)13(17)20/h4-5H,2-3,6H2,1H3,(H,16,18). The maximum atomic E-state index is 13.5. The van der Waals surface area contributed by atoms with E-state index in [4.69, 9.17) is 0 Å². The lowest BCUT2D eigenvalue weighted by Crippen LogP contribution is -2.40. The maximum Gasteiger partial charge on any atom is 0.299 e. The second-order valence-corrected chi connectivity index (χ2v) is 5.21. The minimum Gasteiger partial charge on any atom is -0.355 e. The molecule has 1 aromatic carbocycles. The fourth-order valence-corrected chi connectivity index (χ4v) is 2.25. The van der Waals surface area contributed by atoms with Gasteiger partial charge in [-0.15, -0.1) is 0 Å². The third-order valence-electron chi connectivity index (χ3n) is 2.89. The number of halogens is 2. The van der Waals surface area contributed by atoms with E-state index in [0.717, 1.165) is 17.4 Å². The fraction of sp³-hybridized carbons (Fsp3) is 0.308. The number of carbonyl (C=O) groups excluding carboxylic acids is 3. The van der Waals surface area contributed by atoms with Crippen molar-refractivity contribution in [2.75, 3.05) is 18.0 Å². The molecule has 0 saturated carbocycles. The van der Waals surface area contributed by atoms with Gasteiger partial charge in [0.1, 0.15) is 12.4 Å². The minimum atomic E-state index is -0.816. The van der Waals surface area contributed by atoms with E-state index in [1.807, 2.05) is 6.92 Å². The molecule has 1 aliphatic rings. The highest BCUT2D eigenvalue weighted by Crippen LogP contribution is 2.32. The first-order valence-corrected chi connectivity index (χ1v) is 6.87. The lowest BCUT2D eigenvalue weighted by atomic mass is 10.1. The number of ketones is 1. The third-order valence-corrected chi connectivity index (χ3v) is 3.50. The number of carbonyl (C=O) groups is 3. The van der Waals surface area contributed by atoms with Gasteiger partial charge in [-0.05, 0) is 34.5 Å². The molecule has 0 spiro atoms. The van der Waals surface area contributed by atoms with Crippen LogP contribution in [0.15, 0.2) is 16.6 Å². The van der Waals surface area contributed by atoms with Gasteiger partial charge in [-0.2, -0.15) is 0 Å². The van der Waals surface area contributed by atoms with Crippen LogP contribution in [0.25, 0.3) is 0 Å². The summed E-state index contributed by atoms with van der Waals surface area (Å²) in [5.74, 6) is -2.53. The first kappa shape index (κ1) is 14.6. The zero-order valence-corrected chi connectivity index (χ0v) is 12.3. The van der Waals surface area contributed by atoms with Crippen LogP contribution in [0, 0.1) is 5.82 Å². The molecule has 1 aliphatic heterocycles. The monoisotopic (exact) mass is 342 g/mol. The number of rotatable bonds is 4. The SMILES string of the molecule is CCCNC(=O)CN1C(=O)C(=O)c2cc(Br)c(F)cc21. The van der Waals surface area contributed by atoms with Gasteiger partial charge >= 0.3 is 0 Å². The summed E-state index contributed by atoms with van der Waals surface area (Å²) >= 11 is 2.96. The van der Waals surface area contributed by atoms with E-state index in [-0.39, 0.29) is 28.2 Å². The molecule has 2 rings (SSSR count). The van der Waals surface area contributed by atoms with E-state index in [0.29, 0.717) is 6.54 Å². The molecule has 106 valence electrons. The van der Waals surface area contributed by atoms with Crippen molar-refractivity contribution in [3.8, 4) is 0 Å². The average molecular weight is 343 g/mol. The minimum absolute atomic E-state index is 0.103. The Labute approximate surface area is 123 Å². The first-order chi connectivity index (χ1) is 9.45. The average Bonchev–Trinajstić information content (AvgIpc) is 2.63. The summed E-state index contributed by atoms with van der Waals surface area (Å²) in [6.45, 7) is 2.09. The fourth-order valence-electron chi connectivity index (χ4n) is 1.91. The van der Waals surface area contributed by atoms with Crippen molar-refractivity contribution >= 4 is 39.2 Å². The predicted octanol–water partition coefficient (Wildman–Crippen LogP) is 1.64. The van der Waals surface area contributed by atoms with Gasteiger partial charge in [0.05, 0.1) is 15.7 Å². The Balaban J connectivity index is 2.28. The highest BCUT2D eigenvalue weighted by molar-refractivity contribution is 9.10. The van der Waals surface area contributed by atoms with Crippen LogP contribution in [0.4, 0.5) is 10.1 Å². The molecule has 0 atom stereocenters. The molecule has 1 N–H and O–H groups in total. The summed E-state index contributed by atoms with van der Waals surface area (Å²) in [7, 11) is 0. The molecule has 0 radical (unpaired) electrons. The summed E-state index contributed by atoms with van der Waals surface area (Å²) in [5.41, 5.74) is 0.235. The van der Waals surface area contributed by atoms with Gasteiger partial charge in [-0.25, -0.2) is 4.39 Å². The Morgan fingerprint density at radius 1 is 1.40 bits per heavy atom. The highest BCUT2D eigenvalue weighted by atomic mass is 79.9. The van der Waals surface area contributed by atoms with Crippen LogP contribution in [0.1, 0.15) is 23.7 Å². The molecule has 1 aromatic rings. The van der Waals surface area contributed by atoms with Crippen LogP contribution in [-0.4, -0.2) is 30.7 Å². The van der Waals surface area contributed by atoms with Crippen molar-refractivity contribution in [3.05, 3.63) is 28.0 Å². The van der Waals surface area contributed by atoms with E-state index in [9.17, 15) is 18.8 Å². The zero-order valence-electron chi connectivity index (χ0n) is 10.7. The van der Waals surface area contributed by atoms with Crippen LogP contribution < -0.4 is 10.2 Å². The van der Waals surface area contributed by atoms with Crippen molar-refractivity contribution in [1.29, 1.82) is 0 Å². The van der Waals surface area contributed by atoms with Crippen LogP contribution >= 0.6 is 15.9 Å². The summed E-state index contributed by atoms with van der Waals surface area (Å²) in [6, 6.07) is 2.34.